The second-order valence-electron chi connectivity index (χ2n) is 4.41. The molecular weight excluding hydrogens is 278 g/mol. The average molecular weight is 295 g/mol. The molecule has 0 saturated heterocycles. The summed E-state index contributed by atoms with van der Waals surface area (Å²) in [4.78, 5) is 12.0. The molecule has 108 valence electrons. The van der Waals surface area contributed by atoms with Gasteiger partial charge in [0.1, 0.15) is 0 Å². The summed E-state index contributed by atoms with van der Waals surface area (Å²) in [6.45, 7) is 3.77. The fourth-order valence-electron chi connectivity index (χ4n) is 1.71. The van der Waals surface area contributed by atoms with Crippen LogP contribution in [-0.4, -0.2) is 36.2 Å². The second kappa shape index (κ2) is 5.53. The van der Waals surface area contributed by atoms with E-state index in [1.54, 1.807) is 16.3 Å². The minimum atomic E-state index is -0.115. The van der Waals surface area contributed by atoms with E-state index in [1.165, 1.54) is 11.8 Å². The average Bonchev–Trinajstić information content (AvgIpc) is 2.83. The molecule has 0 bridgehead atoms. The van der Waals surface area contributed by atoms with Crippen molar-refractivity contribution >= 4 is 29.3 Å². The van der Waals surface area contributed by atoms with Crippen LogP contribution in [0, 0.1) is 13.8 Å². The van der Waals surface area contributed by atoms with E-state index in [2.05, 4.69) is 20.6 Å². The van der Waals surface area contributed by atoms with E-state index in [9.17, 15) is 4.79 Å². The Labute approximate surface area is 120 Å². The Morgan fingerprint density at radius 2 is 2.05 bits per heavy atom. The number of amides is 1. The van der Waals surface area contributed by atoms with Crippen LogP contribution < -0.4 is 11.1 Å². The van der Waals surface area contributed by atoms with Gasteiger partial charge in [0.05, 0.1) is 22.8 Å². The Hall–Kier alpha value is -2.03. The van der Waals surface area contributed by atoms with E-state index in [1.807, 2.05) is 20.9 Å². The first-order valence-corrected chi connectivity index (χ1v) is 6.96. The van der Waals surface area contributed by atoms with Crippen LogP contribution in [0.5, 0.6) is 0 Å². The van der Waals surface area contributed by atoms with Crippen LogP contribution in [0.15, 0.2) is 5.16 Å². The molecule has 0 spiro atoms. The molecule has 0 fully saturated rings. The van der Waals surface area contributed by atoms with E-state index < -0.39 is 0 Å². The molecule has 8 nitrogen and oxygen atoms in total. The monoisotopic (exact) mass is 295 g/mol. The first-order valence-electron chi connectivity index (χ1n) is 5.98. The third-order valence-corrected chi connectivity index (χ3v) is 3.99. The van der Waals surface area contributed by atoms with Gasteiger partial charge in [-0.1, -0.05) is 11.8 Å². The number of aromatic nitrogens is 5. The lowest BCUT2D eigenvalue weighted by atomic mass is 10.3. The third-order valence-electron chi connectivity index (χ3n) is 2.97. The molecule has 1 amide bonds. The first kappa shape index (κ1) is 14.4. The van der Waals surface area contributed by atoms with E-state index >= 15 is 0 Å². The first-order chi connectivity index (χ1) is 9.40. The van der Waals surface area contributed by atoms with Crippen LogP contribution in [0.3, 0.4) is 0 Å². The Bertz CT molecular complexity index is 645. The number of carbonyl (C=O) groups excluding carboxylic acids is 1. The van der Waals surface area contributed by atoms with Gasteiger partial charge in [0.15, 0.2) is 5.16 Å². The van der Waals surface area contributed by atoms with Crippen molar-refractivity contribution in [3.05, 3.63) is 11.4 Å². The fraction of sp³-hybridized carbons (Fsp3) is 0.455. The number of anilines is 2. The summed E-state index contributed by atoms with van der Waals surface area (Å²) in [7, 11) is 3.60. The summed E-state index contributed by atoms with van der Waals surface area (Å²) < 4.78 is 3.37. The van der Waals surface area contributed by atoms with Gasteiger partial charge in [-0.2, -0.15) is 5.10 Å². The quantitative estimate of drug-likeness (QED) is 0.795. The Morgan fingerprint density at radius 1 is 1.35 bits per heavy atom. The van der Waals surface area contributed by atoms with Gasteiger partial charge in [-0.05, 0) is 13.8 Å². The van der Waals surface area contributed by atoms with E-state index in [-0.39, 0.29) is 11.7 Å². The normalized spacial score (nSPS) is 10.8. The molecule has 0 aromatic carbocycles. The SMILES string of the molecule is Cc1nn(C)c(C)c1NC(=O)CSc1nnc(N)n1C. The van der Waals surface area contributed by atoms with Crippen molar-refractivity contribution in [2.24, 2.45) is 14.1 Å². The van der Waals surface area contributed by atoms with Crippen molar-refractivity contribution in [1.29, 1.82) is 0 Å². The van der Waals surface area contributed by atoms with Crippen molar-refractivity contribution in [2.45, 2.75) is 19.0 Å². The Morgan fingerprint density at radius 3 is 2.55 bits per heavy atom. The smallest absolute Gasteiger partial charge is 0.234 e. The molecule has 0 radical (unpaired) electrons. The third kappa shape index (κ3) is 2.77. The molecule has 0 atom stereocenters. The summed E-state index contributed by atoms with van der Waals surface area (Å²) in [6.07, 6.45) is 0. The van der Waals surface area contributed by atoms with Crippen molar-refractivity contribution in [3.8, 4) is 0 Å². The summed E-state index contributed by atoms with van der Waals surface area (Å²) >= 11 is 1.28. The summed E-state index contributed by atoms with van der Waals surface area (Å²) in [5.41, 5.74) is 8.05. The highest BCUT2D eigenvalue weighted by atomic mass is 32.2. The van der Waals surface area contributed by atoms with Gasteiger partial charge < -0.3 is 11.1 Å². The summed E-state index contributed by atoms with van der Waals surface area (Å²) in [5.74, 6) is 0.447. The highest BCUT2D eigenvalue weighted by Gasteiger charge is 2.14. The molecule has 9 heteroatoms. The van der Waals surface area contributed by atoms with Gasteiger partial charge >= 0.3 is 0 Å². The van der Waals surface area contributed by atoms with E-state index in [0.717, 1.165) is 17.1 Å². The predicted octanol–water partition coefficient (Wildman–Crippen LogP) is 0.478. The maximum Gasteiger partial charge on any atom is 0.234 e. The maximum absolute atomic E-state index is 12.0. The van der Waals surface area contributed by atoms with Crippen LogP contribution in [-0.2, 0) is 18.9 Å². The van der Waals surface area contributed by atoms with Gasteiger partial charge in [0.25, 0.3) is 0 Å². The minimum absolute atomic E-state index is 0.115. The second-order valence-corrected chi connectivity index (χ2v) is 5.35. The van der Waals surface area contributed by atoms with E-state index in [4.69, 9.17) is 5.73 Å². The fourth-order valence-corrected chi connectivity index (χ4v) is 2.43. The Kier molecular flexibility index (Phi) is 3.98. The van der Waals surface area contributed by atoms with E-state index in [0.29, 0.717) is 11.1 Å². The number of nitrogens with two attached hydrogens (primary N) is 1. The van der Waals surface area contributed by atoms with Crippen molar-refractivity contribution < 1.29 is 4.79 Å². The molecule has 0 unspecified atom stereocenters. The molecule has 2 aromatic rings. The molecule has 20 heavy (non-hydrogen) atoms. The highest BCUT2D eigenvalue weighted by Crippen LogP contribution is 2.20. The van der Waals surface area contributed by atoms with Gasteiger partial charge in [-0.3, -0.25) is 14.0 Å². The number of aryl methyl sites for hydroxylation is 2. The number of nitrogens with zero attached hydrogens (tertiary/aromatic N) is 5. The summed E-state index contributed by atoms with van der Waals surface area (Å²) in [6, 6.07) is 0. The lowest BCUT2D eigenvalue weighted by Gasteiger charge is -2.05. The van der Waals surface area contributed by atoms with Gasteiger partial charge in [0, 0.05) is 14.1 Å². The largest absolute Gasteiger partial charge is 0.368 e. The number of carbonyl (C=O) groups is 1. The molecule has 0 aliphatic rings. The molecule has 3 N–H and O–H groups in total. The number of nitrogen functional groups attached to an aromatic ring is 1. The topological polar surface area (TPSA) is 104 Å². The number of hydrogen-bond acceptors (Lipinski definition) is 6. The molecule has 0 saturated carbocycles. The van der Waals surface area contributed by atoms with Crippen LogP contribution >= 0.6 is 11.8 Å². The number of rotatable bonds is 4. The zero-order valence-corrected chi connectivity index (χ0v) is 12.7. The van der Waals surface area contributed by atoms with Gasteiger partial charge in [0.2, 0.25) is 11.9 Å². The molecular formula is C11H17N7OS. The van der Waals surface area contributed by atoms with Crippen LogP contribution in [0.2, 0.25) is 0 Å². The summed E-state index contributed by atoms with van der Waals surface area (Å²) in [5, 5.41) is 15.3. The lowest BCUT2D eigenvalue weighted by molar-refractivity contribution is -0.113. The number of thioether (sulfide) groups is 1. The van der Waals surface area contributed by atoms with Crippen molar-refractivity contribution in [2.75, 3.05) is 16.8 Å². The van der Waals surface area contributed by atoms with Crippen LogP contribution in [0.1, 0.15) is 11.4 Å². The van der Waals surface area contributed by atoms with Gasteiger partial charge in [-0.15, -0.1) is 10.2 Å². The van der Waals surface area contributed by atoms with Crippen LogP contribution in [0.4, 0.5) is 11.6 Å². The molecule has 2 rings (SSSR count). The van der Waals surface area contributed by atoms with Gasteiger partial charge in [-0.25, -0.2) is 0 Å². The van der Waals surface area contributed by atoms with Crippen molar-refractivity contribution in [1.82, 2.24) is 24.5 Å². The molecule has 2 heterocycles. The highest BCUT2D eigenvalue weighted by molar-refractivity contribution is 7.99. The predicted molar refractivity (Wildman–Crippen MR) is 77.5 cm³/mol. The zero-order chi connectivity index (χ0) is 14.9. The standard InChI is InChI=1S/C11H17N7OS/c1-6-9(7(2)18(4)16-6)13-8(19)5-20-11-15-14-10(12)17(11)3/h5H2,1-4H3,(H2,12,14)(H,13,19). The number of hydrogen-bond donors (Lipinski definition) is 2. The molecule has 0 aliphatic heterocycles. The zero-order valence-electron chi connectivity index (χ0n) is 11.8. The minimum Gasteiger partial charge on any atom is -0.368 e. The Balaban J connectivity index is 1.98. The number of nitrogens with one attached hydrogen (secondary N) is 1. The molecule has 0 aliphatic carbocycles. The van der Waals surface area contributed by atoms with Crippen LogP contribution in [0.25, 0.3) is 0 Å². The molecule has 2 aromatic heterocycles. The maximum atomic E-state index is 12.0. The van der Waals surface area contributed by atoms with Crippen molar-refractivity contribution in [3.63, 3.8) is 0 Å². The lowest BCUT2D eigenvalue weighted by Crippen LogP contribution is -2.15.